The van der Waals surface area contributed by atoms with Crippen LogP contribution in [0.15, 0.2) is 18.2 Å². The van der Waals surface area contributed by atoms with Crippen LogP contribution in [0, 0.1) is 11.3 Å². The van der Waals surface area contributed by atoms with Crippen molar-refractivity contribution in [2.24, 2.45) is 0 Å². The molecule has 96 valence electrons. The van der Waals surface area contributed by atoms with Crippen LogP contribution >= 0.6 is 11.6 Å². The van der Waals surface area contributed by atoms with Crippen molar-refractivity contribution in [1.29, 1.82) is 5.26 Å². The molecule has 1 aromatic carbocycles. The Balaban J connectivity index is 2.43. The third-order valence-electron chi connectivity index (χ3n) is 2.30. The summed E-state index contributed by atoms with van der Waals surface area (Å²) in [5.41, 5.74) is 1.11. The van der Waals surface area contributed by atoms with Gasteiger partial charge in [0.05, 0.1) is 22.9 Å². The number of halogens is 1. The molecule has 18 heavy (non-hydrogen) atoms. The Hall–Kier alpha value is -1.73. The van der Waals surface area contributed by atoms with Crippen LogP contribution in [-0.4, -0.2) is 19.1 Å². The molecule has 0 saturated carbocycles. The lowest BCUT2D eigenvalue weighted by atomic mass is 10.2. The van der Waals surface area contributed by atoms with Gasteiger partial charge in [0.25, 0.3) is 0 Å². The van der Waals surface area contributed by atoms with Crippen molar-refractivity contribution < 1.29 is 9.53 Å². The van der Waals surface area contributed by atoms with Crippen LogP contribution in [0.3, 0.4) is 0 Å². The van der Waals surface area contributed by atoms with E-state index in [1.165, 1.54) is 0 Å². The summed E-state index contributed by atoms with van der Waals surface area (Å²) in [6, 6.07) is 7.28. The Morgan fingerprint density at radius 2 is 2.33 bits per heavy atom. The molecule has 5 heteroatoms. The molecule has 1 rings (SSSR count). The van der Waals surface area contributed by atoms with Crippen molar-refractivity contribution in [3.63, 3.8) is 0 Å². The van der Waals surface area contributed by atoms with Crippen LogP contribution in [0.5, 0.6) is 0 Å². The second-order valence-electron chi connectivity index (χ2n) is 3.61. The van der Waals surface area contributed by atoms with E-state index in [0.717, 1.165) is 0 Å². The fraction of sp³-hybridized carbons (Fsp3) is 0.385. The Kier molecular flexibility index (Phi) is 6.03. The summed E-state index contributed by atoms with van der Waals surface area (Å²) in [6.07, 6.45) is 1.01. The first kappa shape index (κ1) is 14.3. The number of anilines is 1. The predicted molar refractivity (Wildman–Crippen MR) is 70.5 cm³/mol. The summed E-state index contributed by atoms with van der Waals surface area (Å²) in [5.74, 6) is -0.203. The van der Waals surface area contributed by atoms with Gasteiger partial charge in [0.15, 0.2) is 0 Å². The van der Waals surface area contributed by atoms with Gasteiger partial charge in [-0.3, -0.25) is 4.79 Å². The number of carbonyl (C=O) groups excluding carboxylic acids is 1. The van der Waals surface area contributed by atoms with Crippen molar-refractivity contribution in [3.05, 3.63) is 28.8 Å². The highest BCUT2D eigenvalue weighted by Gasteiger charge is 2.06. The van der Waals surface area contributed by atoms with Crippen molar-refractivity contribution in [2.45, 2.75) is 19.8 Å². The number of carbonyl (C=O) groups is 1. The maximum Gasteiger partial charge on any atom is 0.305 e. The third kappa shape index (κ3) is 4.27. The summed E-state index contributed by atoms with van der Waals surface area (Å²) in [5, 5.41) is 12.5. The molecule has 1 N–H and O–H groups in total. The molecule has 4 nitrogen and oxygen atoms in total. The zero-order chi connectivity index (χ0) is 13.4. The number of nitriles is 1. The standard InChI is InChI=1S/C13H15ClN2O2/c1-2-18-13(17)7-4-8-16-12-6-3-5-11(14)10(12)9-15/h3,5-6,16H,2,4,7-8H2,1H3. The number of hydrogen-bond donors (Lipinski definition) is 1. The fourth-order valence-corrected chi connectivity index (χ4v) is 1.69. The Morgan fingerprint density at radius 3 is 3.00 bits per heavy atom. The first-order valence-electron chi connectivity index (χ1n) is 5.77. The molecule has 0 aliphatic rings. The van der Waals surface area contributed by atoms with E-state index in [1.54, 1.807) is 25.1 Å². The van der Waals surface area contributed by atoms with Crippen LogP contribution in [0.4, 0.5) is 5.69 Å². The minimum absolute atomic E-state index is 0.203. The number of benzene rings is 1. The lowest BCUT2D eigenvalue weighted by Gasteiger charge is -2.08. The topological polar surface area (TPSA) is 62.1 Å². The highest BCUT2D eigenvalue weighted by atomic mass is 35.5. The molecule has 0 bridgehead atoms. The lowest BCUT2D eigenvalue weighted by Crippen LogP contribution is -2.08. The molecule has 1 aromatic rings. The van der Waals surface area contributed by atoms with E-state index >= 15 is 0 Å². The number of nitrogens with zero attached hydrogens (tertiary/aromatic N) is 1. The largest absolute Gasteiger partial charge is 0.466 e. The Morgan fingerprint density at radius 1 is 1.56 bits per heavy atom. The molecule has 0 heterocycles. The minimum atomic E-state index is -0.203. The van der Waals surface area contributed by atoms with Gasteiger partial charge >= 0.3 is 5.97 Å². The van der Waals surface area contributed by atoms with Gasteiger partial charge in [0, 0.05) is 13.0 Å². The normalized spacial score (nSPS) is 9.61. The first-order chi connectivity index (χ1) is 8.69. The van der Waals surface area contributed by atoms with Crippen LogP contribution in [-0.2, 0) is 9.53 Å². The summed E-state index contributed by atoms with van der Waals surface area (Å²) in [7, 11) is 0. The van der Waals surface area contributed by atoms with Crippen LogP contribution in [0.25, 0.3) is 0 Å². The molecule has 0 aliphatic carbocycles. The van der Waals surface area contributed by atoms with E-state index in [-0.39, 0.29) is 5.97 Å². The fourth-order valence-electron chi connectivity index (χ4n) is 1.47. The van der Waals surface area contributed by atoms with Gasteiger partial charge in [-0.25, -0.2) is 0 Å². The second kappa shape index (κ2) is 7.57. The number of ether oxygens (including phenoxy) is 1. The molecule has 0 amide bonds. The molecular weight excluding hydrogens is 252 g/mol. The van der Waals surface area contributed by atoms with Gasteiger partial charge < -0.3 is 10.1 Å². The van der Waals surface area contributed by atoms with Crippen molar-refractivity contribution in [2.75, 3.05) is 18.5 Å². The smallest absolute Gasteiger partial charge is 0.305 e. The number of esters is 1. The van der Waals surface area contributed by atoms with Gasteiger partial charge in [0.2, 0.25) is 0 Å². The van der Waals surface area contributed by atoms with E-state index in [2.05, 4.69) is 5.32 Å². The van der Waals surface area contributed by atoms with Crippen LogP contribution in [0.2, 0.25) is 5.02 Å². The molecule has 0 fully saturated rings. The van der Waals surface area contributed by atoms with Gasteiger partial charge in [-0.05, 0) is 25.5 Å². The maximum absolute atomic E-state index is 11.1. The lowest BCUT2D eigenvalue weighted by molar-refractivity contribution is -0.143. The Labute approximate surface area is 112 Å². The van der Waals surface area contributed by atoms with Crippen LogP contribution < -0.4 is 5.32 Å². The number of nitrogens with one attached hydrogen (secondary N) is 1. The van der Waals surface area contributed by atoms with Gasteiger partial charge in [-0.15, -0.1) is 0 Å². The highest BCUT2D eigenvalue weighted by molar-refractivity contribution is 6.32. The summed E-state index contributed by atoms with van der Waals surface area (Å²) >= 11 is 5.90. The van der Waals surface area contributed by atoms with E-state index in [0.29, 0.717) is 42.3 Å². The average Bonchev–Trinajstić information content (AvgIpc) is 2.35. The van der Waals surface area contributed by atoms with Crippen molar-refractivity contribution >= 4 is 23.3 Å². The molecule has 0 atom stereocenters. The van der Waals surface area contributed by atoms with E-state index in [4.69, 9.17) is 21.6 Å². The molecule has 0 saturated heterocycles. The Bertz CT molecular complexity index is 455. The van der Waals surface area contributed by atoms with Crippen LogP contribution in [0.1, 0.15) is 25.3 Å². The minimum Gasteiger partial charge on any atom is -0.466 e. The predicted octanol–water partition coefficient (Wildman–Crippen LogP) is 2.97. The van der Waals surface area contributed by atoms with E-state index in [1.807, 2.05) is 6.07 Å². The molecule has 0 aliphatic heterocycles. The third-order valence-corrected chi connectivity index (χ3v) is 2.62. The van der Waals surface area contributed by atoms with Crippen molar-refractivity contribution in [1.82, 2.24) is 0 Å². The first-order valence-corrected chi connectivity index (χ1v) is 6.15. The van der Waals surface area contributed by atoms with Gasteiger partial charge in [-0.1, -0.05) is 17.7 Å². The summed E-state index contributed by atoms with van der Waals surface area (Å²) in [6.45, 7) is 2.77. The highest BCUT2D eigenvalue weighted by Crippen LogP contribution is 2.23. The molecule has 0 unspecified atom stereocenters. The zero-order valence-corrected chi connectivity index (χ0v) is 11.0. The van der Waals surface area contributed by atoms with E-state index in [9.17, 15) is 4.79 Å². The second-order valence-corrected chi connectivity index (χ2v) is 4.02. The maximum atomic E-state index is 11.1. The summed E-state index contributed by atoms with van der Waals surface area (Å²) < 4.78 is 4.82. The monoisotopic (exact) mass is 266 g/mol. The molecule has 0 aromatic heterocycles. The van der Waals surface area contributed by atoms with Crippen molar-refractivity contribution in [3.8, 4) is 6.07 Å². The van der Waals surface area contributed by atoms with Gasteiger partial charge in [-0.2, -0.15) is 5.26 Å². The quantitative estimate of drug-likeness (QED) is 0.635. The summed E-state index contributed by atoms with van der Waals surface area (Å²) in [4.78, 5) is 11.1. The zero-order valence-electron chi connectivity index (χ0n) is 10.2. The van der Waals surface area contributed by atoms with E-state index < -0.39 is 0 Å². The number of hydrogen-bond acceptors (Lipinski definition) is 4. The van der Waals surface area contributed by atoms with Gasteiger partial charge in [0.1, 0.15) is 6.07 Å². The number of rotatable bonds is 6. The molecular formula is C13H15ClN2O2. The SMILES string of the molecule is CCOC(=O)CCCNc1cccc(Cl)c1C#N. The average molecular weight is 267 g/mol. The molecule has 0 spiro atoms. The molecule has 0 radical (unpaired) electrons.